The van der Waals surface area contributed by atoms with E-state index >= 15 is 0 Å². The van der Waals surface area contributed by atoms with E-state index in [1.807, 2.05) is 49.1 Å². The van der Waals surface area contributed by atoms with E-state index in [4.69, 9.17) is 9.47 Å². The molecule has 2 bridgehead atoms. The number of carbonyl (C=O) groups is 4. The van der Waals surface area contributed by atoms with Crippen molar-refractivity contribution in [1.29, 1.82) is 0 Å². The summed E-state index contributed by atoms with van der Waals surface area (Å²) in [6.07, 6.45) is 9.36. The number of esters is 1. The Labute approximate surface area is 298 Å². The number of ether oxygens (including phenoxy) is 2. The number of benzene rings is 1. The number of alkyl halides is 1. The van der Waals surface area contributed by atoms with Crippen LogP contribution in [0.1, 0.15) is 83.2 Å². The molecule has 1 aliphatic carbocycles. The van der Waals surface area contributed by atoms with Gasteiger partial charge >= 0.3 is 5.97 Å². The van der Waals surface area contributed by atoms with Crippen LogP contribution < -0.4 is 5.32 Å². The third kappa shape index (κ3) is 7.26. The lowest BCUT2D eigenvalue weighted by Gasteiger charge is -2.43. The van der Waals surface area contributed by atoms with Crippen LogP contribution in [0.4, 0.5) is 0 Å². The predicted molar refractivity (Wildman–Crippen MR) is 189 cm³/mol. The molecule has 3 heterocycles. The van der Waals surface area contributed by atoms with Crippen LogP contribution in [0.25, 0.3) is 0 Å². The van der Waals surface area contributed by atoms with Gasteiger partial charge in [-0.3, -0.25) is 19.2 Å². The van der Waals surface area contributed by atoms with Crippen molar-refractivity contribution < 1.29 is 33.8 Å². The van der Waals surface area contributed by atoms with Crippen LogP contribution in [0.15, 0.2) is 55.6 Å². The maximum absolute atomic E-state index is 15.0. The van der Waals surface area contributed by atoms with Crippen LogP contribution in [0.5, 0.6) is 0 Å². The van der Waals surface area contributed by atoms with Crippen LogP contribution in [-0.2, 0) is 28.7 Å². The smallest absolute Gasteiger partial charge is 0.306 e. The molecule has 1 aromatic carbocycles. The van der Waals surface area contributed by atoms with E-state index in [0.29, 0.717) is 25.8 Å². The molecule has 1 saturated carbocycles. The van der Waals surface area contributed by atoms with Gasteiger partial charge in [0.25, 0.3) is 0 Å². The van der Waals surface area contributed by atoms with Gasteiger partial charge < -0.3 is 29.7 Å². The summed E-state index contributed by atoms with van der Waals surface area (Å²) >= 11 is 3.78. The molecule has 11 heteroatoms. The number of halogens is 1. The molecule has 49 heavy (non-hydrogen) atoms. The van der Waals surface area contributed by atoms with Gasteiger partial charge in [0.05, 0.1) is 36.6 Å². The molecule has 3 aliphatic heterocycles. The molecule has 4 aliphatic rings. The van der Waals surface area contributed by atoms with Crippen molar-refractivity contribution >= 4 is 39.6 Å². The standard InChI is InChI=1S/C38H52BrN3O7/c1-5-8-19-30(44)48-23-28(25-15-11-9-12-16-25)40-35(45)31-32-36(46)42(29(22-43)24(4)7-3)34(38(32)21-27(39)33(31)49-38)37(47)41(20-6-2)26-17-13-10-14-18-26/h5-6,9,11-12,15-16,24,26-29,31-34,43H,1-2,7-8,10,13-14,17-23H2,3-4H3,(H,40,45)/t24-,27?,28-,29-,31+,32-,33+,34+,38-/m0/s1. The van der Waals surface area contributed by atoms with Crippen molar-refractivity contribution in [1.82, 2.24) is 15.1 Å². The van der Waals surface area contributed by atoms with Crippen molar-refractivity contribution in [3.05, 3.63) is 61.2 Å². The first kappa shape index (κ1) is 37.2. The Balaban J connectivity index is 1.51. The molecule has 3 amide bonds. The molecule has 4 fully saturated rings. The van der Waals surface area contributed by atoms with Crippen molar-refractivity contribution in [3.8, 4) is 0 Å². The highest BCUT2D eigenvalue weighted by molar-refractivity contribution is 9.09. The Hall–Kier alpha value is -3.02. The predicted octanol–water partition coefficient (Wildman–Crippen LogP) is 4.86. The van der Waals surface area contributed by atoms with Gasteiger partial charge in [-0.05, 0) is 37.2 Å². The Bertz CT molecular complexity index is 1370. The van der Waals surface area contributed by atoms with E-state index < -0.39 is 53.5 Å². The van der Waals surface area contributed by atoms with Crippen LogP contribution in [0.2, 0.25) is 0 Å². The van der Waals surface area contributed by atoms with Crippen LogP contribution >= 0.6 is 15.9 Å². The molecule has 0 radical (unpaired) electrons. The number of allylic oxidation sites excluding steroid dienone is 1. The van der Waals surface area contributed by atoms with E-state index in [9.17, 15) is 24.3 Å². The molecule has 0 aromatic heterocycles. The highest BCUT2D eigenvalue weighted by Crippen LogP contribution is 2.61. The van der Waals surface area contributed by atoms with Crippen molar-refractivity contribution in [3.63, 3.8) is 0 Å². The lowest BCUT2D eigenvalue weighted by molar-refractivity contribution is -0.154. The Morgan fingerprint density at radius 1 is 1.18 bits per heavy atom. The first-order valence-corrected chi connectivity index (χ1v) is 18.8. The van der Waals surface area contributed by atoms with Crippen LogP contribution in [-0.4, -0.2) is 93.0 Å². The Morgan fingerprint density at radius 2 is 1.90 bits per heavy atom. The van der Waals surface area contributed by atoms with E-state index in [-0.39, 0.29) is 48.2 Å². The molecular weight excluding hydrogens is 690 g/mol. The van der Waals surface area contributed by atoms with E-state index in [1.54, 1.807) is 17.1 Å². The third-order valence-corrected chi connectivity index (χ3v) is 12.1. The minimum Gasteiger partial charge on any atom is -0.463 e. The summed E-state index contributed by atoms with van der Waals surface area (Å²) in [6.45, 7) is 11.5. The molecule has 1 aromatic rings. The zero-order valence-corrected chi connectivity index (χ0v) is 30.4. The summed E-state index contributed by atoms with van der Waals surface area (Å²) in [4.78, 5) is 59.8. The number of fused-ring (bicyclic) bond motifs is 1. The number of amides is 3. The highest BCUT2D eigenvalue weighted by atomic mass is 79.9. The van der Waals surface area contributed by atoms with Gasteiger partial charge in [-0.25, -0.2) is 0 Å². The molecule has 9 atom stereocenters. The zero-order chi connectivity index (χ0) is 35.3. The topological polar surface area (TPSA) is 125 Å². The number of hydrogen-bond donors (Lipinski definition) is 2. The minimum absolute atomic E-state index is 0.0149. The number of rotatable bonds is 16. The van der Waals surface area contributed by atoms with Crippen molar-refractivity contribution in [2.45, 2.75) is 112 Å². The van der Waals surface area contributed by atoms with Gasteiger partial charge in [0.15, 0.2) is 0 Å². The van der Waals surface area contributed by atoms with Gasteiger partial charge in [-0.2, -0.15) is 0 Å². The number of carbonyl (C=O) groups excluding carboxylic acids is 4. The summed E-state index contributed by atoms with van der Waals surface area (Å²) in [7, 11) is 0. The van der Waals surface area contributed by atoms with Gasteiger partial charge in [0.1, 0.15) is 18.2 Å². The normalized spacial score (nSPS) is 29.5. The van der Waals surface area contributed by atoms with Crippen molar-refractivity contribution in [2.75, 3.05) is 19.8 Å². The quantitative estimate of drug-likeness (QED) is 0.141. The molecular formula is C38H52BrN3O7. The van der Waals surface area contributed by atoms with Gasteiger partial charge in [-0.15, -0.1) is 13.2 Å². The second-order valence-electron chi connectivity index (χ2n) is 14.1. The molecule has 10 nitrogen and oxygen atoms in total. The summed E-state index contributed by atoms with van der Waals surface area (Å²) < 4.78 is 12.4. The number of hydrogen-bond acceptors (Lipinski definition) is 7. The molecule has 2 N–H and O–H groups in total. The van der Waals surface area contributed by atoms with Crippen molar-refractivity contribution in [2.24, 2.45) is 17.8 Å². The lowest BCUT2D eigenvalue weighted by Crippen LogP contribution is -2.61. The minimum atomic E-state index is -1.26. The second-order valence-corrected chi connectivity index (χ2v) is 15.3. The van der Waals surface area contributed by atoms with Crippen LogP contribution in [0.3, 0.4) is 0 Å². The number of aliphatic hydroxyl groups excluding tert-OH is 1. The first-order valence-electron chi connectivity index (χ1n) is 17.9. The molecule has 1 unspecified atom stereocenters. The first-order chi connectivity index (χ1) is 23.6. The largest absolute Gasteiger partial charge is 0.463 e. The lowest BCUT2D eigenvalue weighted by atomic mass is 9.70. The average Bonchev–Trinajstić information content (AvgIpc) is 3.71. The summed E-state index contributed by atoms with van der Waals surface area (Å²) in [5.41, 5.74) is -0.512. The molecule has 268 valence electrons. The Kier molecular flexibility index (Phi) is 12.4. The van der Waals surface area contributed by atoms with Gasteiger partial charge in [-0.1, -0.05) is 97.9 Å². The monoisotopic (exact) mass is 741 g/mol. The maximum atomic E-state index is 15.0. The molecule has 1 spiro atoms. The molecule has 5 rings (SSSR count). The summed E-state index contributed by atoms with van der Waals surface area (Å²) in [5, 5.41) is 13.8. The number of likely N-dealkylation sites (tertiary alicyclic amines) is 1. The number of nitrogens with one attached hydrogen (secondary N) is 1. The summed E-state index contributed by atoms with van der Waals surface area (Å²) in [6, 6.07) is 6.97. The Morgan fingerprint density at radius 3 is 2.53 bits per heavy atom. The van der Waals surface area contributed by atoms with Gasteiger partial charge in [0.2, 0.25) is 17.7 Å². The highest BCUT2D eigenvalue weighted by Gasteiger charge is 2.77. The fourth-order valence-electron chi connectivity index (χ4n) is 8.57. The SMILES string of the molecule is C=CCCC(=O)OC[C@H](NC(=O)[C@H]1[C@@H]2O[C@@]3(CC2Br)[C@@H]1C(=O)N([C@@H](CO)[C@@H](C)CC)[C@@H]3C(=O)N(CC=C)C1CCCCC1)c1ccccc1. The molecule has 3 saturated heterocycles. The number of nitrogens with zero attached hydrogens (tertiary/aromatic N) is 2. The average molecular weight is 743 g/mol. The van der Waals surface area contributed by atoms with E-state index in [2.05, 4.69) is 34.4 Å². The number of aliphatic hydroxyl groups is 1. The third-order valence-electron chi connectivity index (χ3n) is 11.2. The van der Waals surface area contributed by atoms with E-state index in [0.717, 1.165) is 37.7 Å². The fourth-order valence-corrected chi connectivity index (χ4v) is 9.51. The van der Waals surface area contributed by atoms with Gasteiger partial charge in [0, 0.05) is 23.8 Å². The van der Waals surface area contributed by atoms with Crippen LogP contribution in [0, 0.1) is 17.8 Å². The maximum Gasteiger partial charge on any atom is 0.306 e. The zero-order valence-electron chi connectivity index (χ0n) is 28.8. The summed E-state index contributed by atoms with van der Waals surface area (Å²) in [5.74, 6) is -3.30. The second kappa shape index (κ2) is 16.3. The van der Waals surface area contributed by atoms with E-state index in [1.165, 1.54) is 0 Å². The fraction of sp³-hybridized carbons (Fsp3) is 0.632.